The van der Waals surface area contributed by atoms with Crippen molar-refractivity contribution < 1.29 is 9.59 Å². The molecule has 0 aromatic heterocycles. The fourth-order valence-corrected chi connectivity index (χ4v) is 0.645. The van der Waals surface area contributed by atoms with Crippen molar-refractivity contribution in [2.24, 2.45) is 0 Å². The van der Waals surface area contributed by atoms with E-state index in [1.165, 1.54) is 11.4 Å². The highest BCUT2D eigenvalue weighted by molar-refractivity contribution is 6.05. The van der Waals surface area contributed by atoms with Crippen LogP contribution >= 0.6 is 0 Å². The van der Waals surface area contributed by atoms with Gasteiger partial charge < -0.3 is 4.90 Å². The molecule has 1 rings (SSSR count). The van der Waals surface area contributed by atoms with Crippen molar-refractivity contribution in [3.63, 3.8) is 0 Å². The SMILES string of the molecule is CCN1[CH]C(=O)NC1=O. The van der Waals surface area contributed by atoms with Crippen LogP contribution in [0.1, 0.15) is 6.92 Å². The summed E-state index contributed by atoms with van der Waals surface area (Å²) in [5.74, 6) is -0.332. The number of carbonyl (C=O) groups is 2. The van der Waals surface area contributed by atoms with E-state index in [1.807, 2.05) is 0 Å². The summed E-state index contributed by atoms with van der Waals surface area (Å²) < 4.78 is 0. The molecular formula is C5H7N2O2. The summed E-state index contributed by atoms with van der Waals surface area (Å²) in [6.07, 6.45) is 0. The van der Waals surface area contributed by atoms with Gasteiger partial charge in [-0.05, 0) is 6.92 Å². The molecule has 0 spiro atoms. The van der Waals surface area contributed by atoms with E-state index in [0.29, 0.717) is 6.54 Å². The fourth-order valence-electron chi connectivity index (χ4n) is 0.645. The first-order valence-electron chi connectivity index (χ1n) is 2.70. The first kappa shape index (κ1) is 6.07. The maximum atomic E-state index is 10.6. The van der Waals surface area contributed by atoms with Crippen molar-refractivity contribution in [2.75, 3.05) is 6.54 Å². The Morgan fingerprint density at radius 1 is 1.67 bits per heavy atom. The Hall–Kier alpha value is -1.06. The van der Waals surface area contributed by atoms with E-state index in [4.69, 9.17) is 0 Å². The Labute approximate surface area is 52.8 Å². The van der Waals surface area contributed by atoms with Crippen LogP contribution < -0.4 is 5.32 Å². The molecule has 3 amide bonds. The molecule has 1 N–H and O–H groups in total. The molecule has 4 nitrogen and oxygen atoms in total. The third kappa shape index (κ3) is 1.01. The third-order valence-corrected chi connectivity index (χ3v) is 1.10. The number of imide groups is 1. The van der Waals surface area contributed by atoms with Crippen LogP contribution in [0.4, 0.5) is 4.79 Å². The van der Waals surface area contributed by atoms with Gasteiger partial charge >= 0.3 is 6.03 Å². The number of likely N-dealkylation sites (N-methyl/N-ethyl adjacent to an activating group) is 1. The van der Waals surface area contributed by atoms with Crippen molar-refractivity contribution >= 4 is 11.9 Å². The molecule has 4 heteroatoms. The molecule has 0 unspecified atom stereocenters. The van der Waals surface area contributed by atoms with Gasteiger partial charge in [0, 0.05) is 6.54 Å². The summed E-state index contributed by atoms with van der Waals surface area (Å²) in [4.78, 5) is 22.3. The number of urea groups is 1. The van der Waals surface area contributed by atoms with Gasteiger partial charge in [-0.15, -0.1) is 0 Å². The molecule has 1 radical (unpaired) electrons. The minimum absolute atomic E-state index is 0.331. The van der Waals surface area contributed by atoms with E-state index in [1.54, 1.807) is 6.92 Å². The Bertz CT molecular complexity index is 155. The molecule has 1 saturated heterocycles. The van der Waals surface area contributed by atoms with E-state index < -0.39 is 0 Å². The highest BCUT2D eigenvalue weighted by Gasteiger charge is 2.25. The molecule has 49 valence electrons. The highest BCUT2D eigenvalue weighted by Crippen LogP contribution is 2.00. The minimum Gasteiger partial charge on any atom is -0.310 e. The van der Waals surface area contributed by atoms with Crippen molar-refractivity contribution in [2.45, 2.75) is 6.92 Å². The number of carbonyl (C=O) groups excluding carboxylic acids is 2. The van der Waals surface area contributed by atoms with Crippen LogP contribution in [0.25, 0.3) is 0 Å². The average Bonchev–Trinajstić information content (AvgIpc) is 2.10. The summed E-state index contributed by atoms with van der Waals surface area (Å²) in [5.41, 5.74) is 0. The van der Waals surface area contributed by atoms with E-state index in [0.717, 1.165) is 0 Å². The third-order valence-electron chi connectivity index (χ3n) is 1.10. The van der Waals surface area contributed by atoms with Crippen LogP contribution in [0.3, 0.4) is 0 Å². The standard InChI is InChI=1S/C5H7N2O2/c1-2-7-3-4(8)6-5(7)9/h3H,2H2,1H3,(H,6,8,9). The topological polar surface area (TPSA) is 49.4 Å². The molecule has 1 fully saturated rings. The van der Waals surface area contributed by atoms with Gasteiger partial charge in [-0.1, -0.05) is 0 Å². The Morgan fingerprint density at radius 3 is 2.56 bits per heavy atom. The fraction of sp³-hybridized carbons (Fsp3) is 0.400. The predicted octanol–water partition coefficient (Wildman–Crippen LogP) is -0.280. The van der Waals surface area contributed by atoms with Crippen molar-refractivity contribution in [3.05, 3.63) is 6.54 Å². The molecule has 0 saturated carbocycles. The summed E-state index contributed by atoms with van der Waals surface area (Å²) in [6.45, 7) is 3.59. The van der Waals surface area contributed by atoms with Gasteiger partial charge in [0.2, 0.25) is 0 Å². The van der Waals surface area contributed by atoms with Crippen LogP contribution in [0.15, 0.2) is 0 Å². The number of nitrogens with zero attached hydrogens (tertiary/aromatic N) is 1. The molecular weight excluding hydrogens is 120 g/mol. The maximum Gasteiger partial charge on any atom is 0.324 e. The minimum atomic E-state index is -0.332. The summed E-state index contributed by atoms with van der Waals surface area (Å²) in [6, 6.07) is -0.331. The molecule has 0 aliphatic carbocycles. The quantitative estimate of drug-likeness (QED) is 0.492. The summed E-state index contributed by atoms with van der Waals surface area (Å²) >= 11 is 0. The van der Waals surface area contributed by atoms with E-state index in [9.17, 15) is 9.59 Å². The zero-order valence-electron chi connectivity index (χ0n) is 5.05. The van der Waals surface area contributed by atoms with E-state index in [-0.39, 0.29) is 11.9 Å². The molecule has 0 aromatic carbocycles. The first-order chi connectivity index (χ1) is 4.24. The zero-order valence-corrected chi connectivity index (χ0v) is 5.05. The van der Waals surface area contributed by atoms with Crippen LogP contribution in [-0.4, -0.2) is 23.4 Å². The second-order valence-electron chi connectivity index (χ2n) is 1.71. The Kier molecular flexibility index (Phi) is 1.38. The number of rotatable bonds is 1. The first-order valence-corrected chi connectivity index (χ1v) is 2.70. The lowest BCUT2D eigenvalue weighted by atomic mass is 10.6. The molecule has 1 aliphatic rings. The smallest absolute Gasteiger partial charge is 0.310 e. The average molecular weight is 127 g/mol. The van der Waals surface area contributed by atoms with E-state index >= 15 is 0 Å². The molecule has 9 heavy (non-hydrogen) atoms. The molecule has 1 heterocycles. The number of hydrogen-bond acceptors (Lipinski definition) is 2. The second-order valence-corrected chi connectivity index (χ2v) is 1.71. The van der Waals surface area contributed by atoms with Gasteiger partial charge in [-0.2, -0.15) is 0 Å². The van der Waals surface area contributed by atoms with Gasteiger partial charge in [0.1, 0.15) is 6.54 Å². The molecule has 0 atom stereocenters. The van der Waals surface area contributed by atoms with Gasteiger partial charge in [0.05, 0.1) is 0 Å². The predicted molar refractivity (Wildman–Crippen MR) is 30.2 cm³/mol. The lowest BCUT2D eigenvalue weighted by Gasteiger charge is -2.06. The van der Waals surface area contributed by atoms with Crippen LogP contribution in [0.2, 0.25) is 0 Å². The number of amides is 3. The largest absolute Gasteiger partial charge is 0.324 e. The lowest BCUT2D eigenvalue weighted by molar-refractivity contribution is -0.116. The van der Waals surface area contributed by atoms with Crippen molar-refractivity contribution in [3.8, 4) is 0 Å². The van der Waals surface area contributed by atoms with Crippen molar-refractivity contribution in [1.29, 1.82) is 0 Å². The molecule has 1 aliphatic heterocycles. The van der Waals surface area contributed by atoms with Gasteiger partial charge in [-0.25, -0.2) is 4.79 Å². The monoisotopic (exact) mass is 127 g/mol. The lowest BCUT2D eigenvalue weighted by Crippen LogP contribution is -2.26. The Morgan fingerprint density at radius 2 is 2.33 bits per heavy atom. The Balaban J connectivity index is 2.58. The van der Waals surface area contributed by atoms with Gasteiger partial charge in [-0.3, -0.25) is 10.1 Å². The normalized spacial score (nSPS) is 18.6. The molecule has 0 bridgehead atoms. The summed E-state index contributed by atoms with van der Waals surface area (Å²) in [5, 5.41) is 2.11. The molecule has 0 aromatic rings. The summed E-state index contributed by atoms with van der Waals surface area (Å²) in [7, 11) is 0. The number of hydrogen-bond donors (Lipinski definition) is 1. The maximum absolute atomic E-state index is 10.6. The zero-order chi connectivity index (χ0) is 6.85. The van der Waals surface area contributed by atoms with Crippen molar-refractivity contribution in [1.82, 2.24) is 10.2 Å². The van der Waals surface area contributed by atoms with Gasteiger partial charge in [0.25, 0.3) is 5.91 Å². The second kappa shape index (κ2) is 2.05. The van der Waals surface area contributed by atoms with Crippen LogP contribution in [0, 0.1) is 6.54 Å². The number of nitrogens with one attached hydrogen (secondary N) is 1. The van der Waals surface area contributed by atoms with E-state index in [2.05, 4.69) is 5.32 Å². The van der Waals surface area contributed by atoms with Gasteiger partial charge in [0.15, 0.2) is 0 Å². The van der Waals surface area contributed by atoms with Crippen LogP contribution in [-0.2, 0) is 4.79 Å². The highest BCUT2D eigenvalue weighted by atomic mass is 16.2. The van der Waals surface area contributed by atoms with Crippen LogP contribution in [0.5, 0.6) is 0 Å².